The van der Waals surface area contributed by atoms with Crippen LogP contribution in [-0.2, 0) is 0 Å². The number of ether oxygens (including phenoxy) is 4. The summed E-state index contributed by atoms with van der Waals surface area (Å²) in [6, 6.07) is 17.8. The van der Waals surface area contributed by atoms with Crippen molar-refractivity contribution in [2.24, 2.45) is 0 Å². The molecule has 6 nitrogen and oxygen atoms in total. The van der Waals surface area contributed by atoms with E-state index in [1.807, 2.05) is 70.2 Å². The van der Waals surface area contributed by atoms with Crippen LogP contribution < -0.4 is 30.4 Å². The minimum atomic E-state index is -0.228. The third kappa shape index (κ3) is 5.45. The van der Waals surface area contributed by atoms with Crippen molar-refractivity contribution in [1.29, 1.82) is 0 Å². The maximum atomic E-state index is 6.28. The first-order valence-corrected chi connectivity index (χ1v) is 11.5. The molecule has 0 unspecified atom stereocenters. The Morgan fingerprint density at radius 2 is 0.970 bits per heavy atom. The highest BCUT2D eigenvalue weighted by Crippen LogP contribution is 2.46. The third-order valence-corrected chi connectivity index (χ3v) is 5.24. The molecule has 0 atom stereocenters. The van der Waals surface area contributed by atoms with E-state index < -0.39 is 0 Å². The Balaban J connectivity index is 2.34. The van der Waals surface area contributed by atoms with Gasteiger partial charge < -0.3 is 30.4 Å². The highest BCUT2D eigenvalue weighted by Gasteiger charge is 2.27. The summed E-state index contributed by atoms with van der Waals surface area (Å²) in [4.78, 5) is 0. The van der Waals surface area contributed by atoms with E-state index in [9.17, 15) is 0 Å². The van der Waals surface area contributed by atoms with Crippen LogP contribution in [-0.4, -0.2) is 26.4 Å². The zero-order chi connectivity index (χ0) is 23.8. The second-order valence-electron chi connectivity index (χ2n) is 7.43. The molecule has 33 heavy (non-hydrogen) atoms. The number of benzene rings is 3. The summed E-state index contributed by atoms with van der Waals surface area (Å²) < 4.78 is 23.8. The molecule has 0 heterocycles. The predicted octanol–water partition coefficient (Wildman–Crippen LogP) is 5.63. The Labute approximate surface area is 196 Å². The molecule has 0 saturated carbocycles. The molecule has 0 saturated heterocycles. The van der Waals surface area contributed by atoms with E-state index in [2.05, 4.69) is 12.1 Å². The molecule has 3 aromatic carbocycles. The summed E-state index contributed by atoms with van der Waals surface area (Å²) in [5, 5.41) is 0. The summed E-state index contributed by atoms with van der Waals surface area (Å²) in [6.45, 7) is 9.81. The van der Waals surface area contributed by atoms with Crippen LogP contribution in [0.15, 0.2) is 54.6 Å². The summed E-state index contributed by atoms with van der Waals surface area (Å²) in [6.07, 6.45) is 0. The lowest BCUT2D eigenvalue weighted by Crippen LogP contribution is -2.11. The largest absolute Gasteiger partial charge is 0.493 e. The molecule has 6 heteroatoms. The average molecular weight is 451 g/mol. The Kier molecular flexibility index (Phi) is 8.30. The standard InChI is InChI=1S/C27H34N2O4/c1-5-30-23-16-21(28)25(32-7-3)14-19(23)27(18-12-10-9-11-13-18)20-15-26(33-8-4)22(29)17-24(20)31-6-2/h9-17,27H,5-8,28-29H2,1-4H3. The van der Waals surface area contributed by atoms with E-state index >= 15 is 0 Å². The Bertz CT molecular complexity index is 988. The second-order valence-corrected chi connectivity index (χ2v) is 7.43. The maximum Gasteiger partial charge on any atom is 0.142 e. The number of nitrogens with two attached hydrogens (primary N) is 2. The fourth-order valence-corrected chi connectivity index (χ4v) is 3.93. The molecule has 0 fully saturated rings. The van der Waals surface area contributed by atoms with E-state index in [0.29, 0.717) is 60.8 Å². The lowest BCUT2D eigenvalue weighted by atomic mass is 9.83. The highest BCUT2D eigenvalue weighted by molar-refractivity contribution is 5.67. The van der Waals surface area contributed by atoms with Gasteiger partial charge in [-0.15, -0.1) is 0 Å². The van der Waals surface area contributed by atoms with Gasteiger partial charge in [0.2, 0.25) is 0 Å². The van der Waals surface area contributed by atoms with E-state index in [1.165, 1.54) is 0 Å². The number of hydrogen-bond acceptors (Lipinski definition) is 6. The van der Waals surface area contributed by atoms with Gasteiger partial charge in [0, 0.05) is 29.2 Å². The molecule has 0 aliphatic rings. The quantitative estimate of drug-likeness (QED) is 0.291. The van der Waals surface area contributed by atoms with E-state index in [1.54, 1.807) is 0 Å². The van der Waals surface area contributed by atoms with Gasteiger partial charge >= 0.3 is 0 Å². The first kappa shape index (κ1) is 24.1. The van der Waals surface area contributed by atoms with Crippen molar-refractivity contribution in [3.05, 3.63) is 71.3 Å². The van der Waals surface area contributed by atoms with Crippen molar-refractivity contribution in [1.82, 2.24) is 0 Å². The molecule has 0 aliphatic carbocycles. The number of anilines is 2. The minimum Gasteiger partial charge on any atom is -0.493 e. The van der Waals surface area contributed by atoms with Gasteiger partial charge in [-0.2, -0.15) is 0 Å². The zero-order valence-corrected chi connectivity index (χ0v) is 19.9. The van der Waals surface area contributed by atoms with Crippen LogP contribution >= 0.6 is 0 Å². The summed E-state index contributed by atoms with van der Waals surface area (Å²) in [5.74, 6) is 2.41. The van der Waals surface area contributed by atoms with Crippen molar-refractivity contribution < 1.29 is 18.9 Å². The van der Waals surface area contributed by atoms with E-state index in [-0.39, 0.29) is 5.92 Å². The van der Waals surface area contributed by atoms with Crippen molar-refractivity contribution in [3.8, 4) is 23.0 Å². The fraction of sp³-hybridized carbons (Fsp3) is 0.333. The molecule has 0 aromatic heterocycles. The van der Waals surface area contributed by atoms with Crippen LogP contribution in [0.3, 0.4) is 0 Å². The number of rotatable bonds is 11. The fourth-order valence-electron chi connectivity index (χ4n) is 3.93. The van der Waals surface area contributed by atoms with E-state index in [4.69, 9.17) is 30.4 Å². The lowest BCUT2D eigenvalue weighted by molar-refractivity contribution is 0.324. The normalized spacial score (nSPS) is 10.8. The Hall–Kier alpha value is -3.54. The summed E-state index contributed by atoms with van der Waals surface area (Å²) >= 11 is 0. The molecule has 176 valence electrons. The van der Waals surface area contributed by atoms with Gasteiger partial charge in [0.25, 0.3) is 0 Å². The molecular weight excluding hydrogens is 416 g/mol. The van der Waals surface area contributed by atoms with Crippen LogP contribution in [0.4, 0.5) is 11.4 Å². The molecule has 0 radical (unpaired) electrons. The minimum absolute atomic E-state index is 0.228. The molecule has 3 rings (SSSR count). The predicted molar refractivity (Wildman–Crippen MR) is 134 cm³/mol. The number of hydrogen-bond donors (Lipinski definition) is 2. The van der Waals surface area contributed by atoms with Gasteiger partial charge in [-0.25, -0.2) is 0 Å². The molecular formula is C27H34N2O4. The van der Waals surface area contributed by atoms with E-state index in [0.717, 1.165) is 16.7 Å². The topological polar surface area (TPSA) is 89.0 Å². The number of nitrogen functional groups attached to an aromatic ring is 2. The second kappa shape index (κ2) is 11.4. The van der Waals surface area contributed by atoms with Crippen molar-refractivity contribution in [2.75, 3.05) is 37.9 Å². The third-order valence-electron chi connectivity index (χ3n) is 5.24. The first-order chi connectivity index (χ1) is 16.0. The van der Waals surface area contributed by atoms with Crippen molar-refractivity contribution >= 4 is 11.4 Å². The highest BCUT2D eigenvalue weighted by atomic mass is 16.5. The van der Waals surface area contributed by atoms with Crippen LogP contribution in [0.2, 0.25) is 0 Å². The molecule has 0 amide bonds. The van der Waals surface area contributed by atoms with Crippen LogP contribution in [0, 0.1) is 0 Å². The van der Waals surface area contributed by atoms with Crippen LogP contribution in [0.1, 0.15) is 50.3 Å². The van der Waals surface area contributed by atoms with Gasteiger partial charge in [-0.3, -0.25) is 0 Å². The Morgan fingerprint density at radius 1 is 0.576 bits per heavy atom. The molecule has 0 aliphatic heterocycles. The zero-order valence-electron chi connectivity index (χ0n) is 19.9. The van der Waals surface area contributed by atoms with Crippen LogP contribution in [0.25, 0.3) is 0 Å². The summed E-state index contributed by atoms with van der Waals surface area (Å²) in [5.41, 5.74) is 16.5. The molecule has 0 spiro atoms. The lowest BCUT2D eigenvalue weighted by Gasteiger charge is -2.26. The molecule has 3 aromatic rings. The smallest absolute Gasteiger partial charge is 0.142 e. The van der Waals surface area contributed by atoms with Gasteiger partial charge in [-0.1, -0.05) is 30.3 Å². The van der Waals surface area contributed by atoms with Gasteiger partial charge in [0.05, 0.1) is 37.8 Å². The molecule has 4 N–H and O–H groups in total. The van der Waals surface area contributed by atoms with Crippen molar-refractivity contribution in [2.45, 2.75) is 33.6 Å². The van der Waals surface area contributed by atoms with Gasteiger partial charge in [0.1, 0.15) is 23.0 Å². The Morgan fingerprint density at radius 3 is 1.36 bits per heavy atom. The summed E-state index contributed by atoms with van der Waals surface area (Å²) in [7, 11) is 0. The van der Waals surface area contributed by atoms with Gasteiger partial charge in [-0.05, 0) is 45.4 Å². The average Bonchev–Trinajstić information content (AvgIpc) is 2.80. The monoisotopic (exact) mass is 450 g/mol. The van der Waals surface area contributed by atoms with Gasteiger partial charge in [0.15, 0.2) is 0 Å². The molecule has 0 bridgehead atoms. The maximum absolute atomic E-state index is 6.28. The van der Waals surface area contributed by atoms with Crippen LogP contribution in [0.5, 0.6) is 23.0 Å². The van der Waals surface area contributed by atoms with Crippen molar-refractivity contribution in [3.63, 3.8) is 0 Å². The first-order valence-electron chi connectivity index (χ1n) is 11.5. The SMILES string of the molecule is CCOc1cc(C(c2ccccc2)c2cc(OCC)c(N)cc2OCC)c(OCC)cc1N.